The summed E-state index contributed by atoms with van der Waals surface area (Å²) in [5, 5.41) is 2.74. The highest BCUT2D eigenvalue weighted by Crippen LogP contribution is 2.27. The third-order valence-corrected chi connectivity index (χ3v) is 3.54. The standard InChI is InChI=1S/C17H22/c1-11(2)14-6-7-15-8-13(5)17(12(3)4)10-16(15)9-14/h6-12H,1-5H3. The zero-order valence-electron chi connectivity index (χ0n) is 11.5. The molecule has 2 rings (SSSR count). The van der Waals surface area contributed by atoms with Crippen LogP contribution in [-0.2, 0) is 0 Å². The van der Waals surface area contributed by atoms with Gasteiger partial charge in [0.1, 0.15) is 0 Å². The Labute approximate surface area is 105 Å². The summed E-state index contributed by atoms with van der Waals surface area (Å²) < 4.78 is 0. The van der Waals surface area contributed by atoms with E-state index in [1.54, 1.807) is 0 Å². The number of aryl methyl sites for hydroxylation is 1. The monoisotopic (exact) mass is 226 g/mol. The molecule has 0 unspecified atom stereocenters. The Morgan fingerprint density at radius 3 is 2.06 bits per heavy atom. The van der Waals surface area contributed by atoms with E-state index in [-0.39, 0.29) is 0 Å². The van der Waals surface area contributed by atoms with Crippen molar-refractivity contribution in [3.63, 3.8) is 0 Å². The molecule has 0 radical (unpaired) electrons. The molecule has 0 aliphatic carbocycles. The van der Waals surface area contributed by atoms with E-state index in [1.165, 1.54) is 27.5 Å². The van der Waals surface area contributed by atoms with E-state index < -0.39 is 0 Å². The Bertz CT molecular complexity index is 533. The SMILES string of the molecule is Cc1cc2ccc(C(C)C)cc2cc1C(C)C. The van der Waals surface area contributed by atoms with Crippen molar-refractivity contribution >= 4 is 10.8 Å². The molecule has 0 saturated heterocycles. The minimum Gasteiger partial charge on any atom is -0.0587 e. The fraction of sp³-hybridized carbons (Fsp3) is 0.412. The maximum atomic E-state index is 2.36. The van der Waals surface area contributed by atoms with Crippen LogP contribution in [0.5, 0.6) is 0 Å². The lowest BCUT2D eigenvalue weighted by Gasteiger charge is -2.13. The van der Waals surface area contributed by atoms with E-state index in [0.29, 0.717) is 11.8 Å². The molecule has 0 bridgehead atoms. The molecule has 0 aliphatic rings. The normalized spacial score (nSPS) is 11.7. The number of benzene rings is 2. The zero-order chi connectivity index (χ0) is 12.6. The van der Waals surface area contributed by atoms with Crippen molar-refractivity contribution in [1.29, 1.82) is 0 Å². The zero-order valence-corrected chi connectivity index (χ0v) is 11.5. The lowest BCUT2D eigenvalue weighted by Crippen LogP contribution is -1.93. The molecule has 0 heteroatoms. The van der Waals surface area contributed by atoms with Crippen molar-refractivity contribution in [3.8, 4) is 0 Å². The van der Waals surface area contributed by atoms with E-state index in [9.17, 15) is 0 Å². The summed E-state index contributed by atoms with van der Waals surface area (Å²) in [6.07, 6.45) is 0. The van der Waals surface area contributed by atoms with E-state index >= 15 is 0 Å². The van der Waals surface area contributed by atoms with Crippen molar-refractivity contribution in [1.82, 2.24) is 0 Å². The van der Waals surface area contributed by atoms with Crippen LogP contribution in [0.3, 0.4) is 0 Å². The van der Waals surface area contributed by atoms with Crippen LogP contribution in [0.2, 0.25) is 0 Å². The molecule has 0 aliphatic heterocycles. The molecule has 0 spiro atoms. The molecule has 0 saturated carbocycles. The van der Waals surface area contributed by atoms with Gasteiger partial charge in [0.2, 0.25) is 0 Å². The molecule has 0 fully saturated rings. The first-order valence-electron chi connectivity index (χ1n) is 6.53. The maximum absolute atomic E-state index is 2.36. The first-order chi connectivity index (χ1) is 7.99. The highest BCUT2D eigenvalue weighted by molar-refractivity contribution is 5.85. The third-order valence-electron chi connectivity index (χ3n) is 3.54. The van der Waals surface area contributed by atoms with Gasteiger partial charge in [0.05, 0.1) is 0 Å². The van der Waals surface area contributed by atoms with Gasteiger partial charge < -0.3 is 0 Å². The van der Waals surface area contributed by atoms with Gasteiger partial charge in [0.25, 0.3) is 0 Å². The summed E-state index contributed by atoms with van der Waals surface area (Å²) in [5.74, 6) is 1.20. The molecular formula is C17H22. The van der Waals surface area contributed by atoms with Gasteiger partial charge in [-0.05, 0) is 46.2 Å². The quantitative estimate of drug-likeness (QED) is 0.643. The molecule has 0 nitrogen and oxygen atoms in total. The van der Waals surface area contributed by atoms with E-state index in [2.05, 4.69) is 65.0 Å². The molecule has 0 heterocycles. The second-order valence-corrected chi connectivity index (χ2v) is 5.62. The molecule has 2 aromatic rings. The molecule has 0 amide bonds. The van der Waals surface area contributed by atoms with E-state index in [1.807, 2.05) is 0 Å². The van der Waals surface area contributed by atoms with Crippen LogP contribution in [0, 0.1) is 6.92 Å². The first kappa shape index (κ1) is 12.2. The second kappa shape index (κ2) is 4.52. The smallest absolute Gasteiger partial charge is 0.0178 e. The van der Waals surface area contributed by atoms with Gasteiger partial charge in [-0.25, -0.2) is 0 Å². The van der Waals surface area contributed by atoms with Gasteiger partial charge in [0, 0.05) is 0 Å². The van der Waals surface area contributed by atoms with Crippen molar-refractivity contribution in [2.45, 2.75) is 46.5 Å². The Morgan fingerprint density at radius 2 is 1.47 bits per heavy atom. The summed E-state index contributed by atoms with van der Waals surface area (Å²) in [6, 6.07) is 11.5. The minimum atomic E-state index is 0.599. The predicted molar refractivity (Wildman–Crippen MR) is 76.9 cm³/mol. The summed E-state index contributed by atoms with van der Waals surface area (Å²) >= 11 is 0. The van der Waals surface area contributed by atoms with Crippen LogP contribution >= 0.6 is 0 Å². The minimum absolute atomic E-state index is 0.599. The van der Waals surface area contributed by atoms with Gasteiger partial charge in [-0.15, -0.1) is 0 Å². The van der Waals surface area contributed by atoms with Gasteiger partial charge in [0.15, 0.2) is 0 Å². The van der Waals surface area contributed by atoms with Crippen LogP contribution in [0.15, 0.2) is 30.3 Å². The number of fused-ring (bicyclic) bond motifs is 1. The lowest BCUT2D eigenvalue weighted by atomic mass is 9.92. The molecule has 0 N–H and O–H groups in total. The molecule has 17 heavy (non-hydrogen) atoms. The summed E-state index contributed by atoms with van der Waals surface area (Å²) in [5.41, 5.74) is 4.30. The van der Waals surface area contributed by atoms with Gasteiger partial charge >= 0.3 is 0 Å². The molecule has 0 atom stereocenters. The fourth-order valence-electron chi connectivity index (χ4n) is 2.43. The summed E-state index contributed by atoms with van der Waals surface area (Å²) in [6.45, 7) is 11.2. The summed E-state index contributed by atoms with van der Waals surface area (Å²) in [4.78, 5) is 0. The molecule has 0 aromatic heterocycles. The van der Waals surface area contributed by atoms with Crippen molar-refractivity contribution in [2.75, 3.05) is 0 Å². The van der Waals surface area contributed by atoms with E-state index in [0.717, 1.165) is 0 Å². The Morgan fingerprint density at radius 1 is 0.765 bits per heavy atom. The van der Waals surface area contributed by atoms with Crippen LogP contribution in [0.4, 0.5) is 0 Å². The Balaban J connectivity index is 2.64. The highest BCUT2D eigenvalue weighted by Gasteiger charge is 2.06. The largest absolute Gasteiger partial charge is 0.0587 e. The number of rotatable bonds is 2. The maximum Gasteiger partial charge on any atom is -0.0178 e. The average molecular weight is 226 g/mol. The van der Waals surface area contributed by atoms with Gasteiger partial charge in [-0.1, -0.05) is 58.0 Å². The molecular weight excluding hydrogens is 204 g/mol. The van der Waals surface area contributed by atoms with Gasteiger partial charge in [-0.2, -0.15) is 0 Å². The van der Waals surface area contributed by atoms with Crippen molar-refractivity contribution in [2.24, 2.45) is 0 Å². The van der Waals surface area contributed by atoms with Gasteiger partial charge in [-0.3, -0.25) is 0 Å². The van der Waals surface area contributed by atoms with Crippen LogP contribution < -0.4 is 0 Å². The van der Waals surface area contributed by atoms with E-state index in [4.69, 9.17) is 0 Å². The van der Waals surface area contributed by atoms with Crippen LogP contribution in [0.25, 0.3) is 10.8 Å². The first-order valence-corrected chi connectivity index (χ1v) is 6.53. The average Bonchev–Trinajstić information content (AvgIpc) is 2.27. The van der Waals surface area contributed by atoms with Crippen LogP contribution in [0.1, 0.15) is 56.2 Å². The molecule has 90 valence electrons. The second-order valence-electron chi connectivity index (χ2n) is 5.62. The van der Waals surface area contributed by atoms with Crippen LogP contribution in [-0.4, -0.2) is 0 Å². The number of hydrogen-bond donors (Lipinski definition) is 0. The third kappa shape index (κ3) is 2.36. The predicted octanol–water partition coefficient (Wildman–Crippen LogP) is 5.40. The highest BCUT2D eigenvalue weighted by atomic mass is 14.1. The van der Waals surface area contributed by atoms with Crippen molar-refractivity contribution < 1.29 is 0 Å². The van der Waals surface area contributed by atoms with Crippen molar-refractivity contribution in [3.05, 3.63) is 47.0 Å². The lowest BCUT2D eigenvalue weighted by molar-refractivity contribution is 0.857. The topological polar surface area (TPSA) is 0 Å². The molecule has 2 aromatic carbocycles. The fourth-order valence-corrected chi connectivity index (χ4v) is 2.43. The Kier molecular flexibility index (Phi) is 3.24. The summed E-state index contributed by atoms with van der Waals surface area (Å²) in [7, 11) is 0. The Hall–Kier alpha value is -1.30. The number of hydrogen-bond acceptors (Lipinski definition) is 0.